The molecule has 4 rings (SSSR count). The summed E-state index contributed by atoms with van der Waals surface area (Å²) in [5.41, 5.74) is 1.85. The molecular weight excluding hydrogens is 406 g/mol. The van der Waals surface area contributed by atoms with Gasteiger partial charge in [-0.05, 0) is 67.6 Å². The van der Waals surface area contributed by atoms with Crippen LogP contribution in [0.5, 0.6) is 0 Å². The molecule has 0 aliphatic rings. The molecule has 0 saturated heterocycles. The van der Waals surface area contributed by atoms with E-state index in [1.54, 1.807) is 72.3 Å². The van der Waals surface area contributed by atoms with Crippen molar-refractivity contribution in [1.29, 1.82) is 0 Å². The lowest BCUT2D eigenvalue weighted by atomic mass is 10.2. The van der Waals surface area contributed by atoms with Crippen LogP contribution in [0.15, 0.2) is 71.3 Å². The maximum atomic E-state index is 12.5. The van der Waals surface area contributed by atoms with Gasteiger partial charge in [0.05, 0.1) is 12.0 Å². The van der Waals surface area contributed by atoms with Crippen LogP contribution < -0.4 is 10.6 Å². The van der Waals surface area contributed by atoms with E-state index in [4.69, 9.17) is 16.0 Å². The van der Waals surface area contributed by atoms with Crippen molar-refractivity contribution in [1.82, 2.24) is 14.8 Å². The molecule has 30 heavy (non-hydrogen) atoms. The Bertz CT molecular complexity index is 1180. The molecule has 0 aliphatic heterocycles. The minimum absolute atomic E-state index is 0.0395. The van der Waals surface area contributed by atoms with Crippen LogP contribution in [-0.2, 0) is 0 Å². The number of nitrogens with zero attached hydrogens (tertiary/aromatic N) is 3. The molecule has 0 fully saturated rings. The highest BCUT2D eigenvalue weighted by Crippen LogP contribution is 2.17. The van der Waals surface area contributed by atoms with Crippen LogP contribution in [0.25, 0.3) is 5.69 Å². The highest BCUT2D eigenvalue weighted by molar-refractivity contribution is 6.30. The highest BCUT2D eigenvalue weighted by atomic mass is 35.5. The molecule has 2 amide bonds. The molecule has 0 saturated carbocycles. The van der Waals surface area contributed by atoms with Gasteiger partial charge in [-0.15, -0.1) is 5.10 Å². The average Bonchev–Trinajstić information content (AvgIpc) is 3.40. The van der Waals surface area contributed by atoms with E-state index in [0.29, 0.717) is 22.2 Å². The van der Waals surface area contributed by atoms with Crippen molar-refractivity contribution >= 4 is 34.8 Å². The zero-order chi connectivity index (χ0) is 21.1. The molecule has 2 aromatic heterocycles. The van der Waals surface area contributed by atoms with Gasteiger partial charge in [-0.3, -0.25) is 9.59 Å². The van der Waals surface area contributed by atoms with Gasteiger partial charge in [0.1, 0.15) is 5.82 Å². The van der Waals surface area contributed by atoms with Gasteiger partial charge in [-0.1, -0.05) is 11.6 Å². The van der Waals surface area contributed by atoms with Crippen LogP contribution in [0.4, 0.5) is 11.4 Å². The highest BCUT2D eigenvalue weighted by Gasteiger charge is 2.16. The predicted octanol–water partition coefficient (Wildman–Crippen LogP) is 4.33. The van der Waals surface area contributed by atoms with E-state index < -0.39 is 5.91 Å². The zero-order valence-electron chi connectivity index (χ0n) is 15.8. The largest absolute Gasteiger partial charge is 0.459 e. The summed E-state index contributed by atoms with van der Waals surface area (Å²) in [6.07, 6.45) is 1.43. The number of aryl methyl sites for hydroxylation is 1. The Morgan fingerprint density at radius 1 is 0.933 bits per heavy atom. The summed E-state index contributed by atoms with van der Waals surface area (Å²) in [5.74, 6) is 0.0172. The zero-order valence-corrected chi connectivity index (χ0v) is 16.6. The summed E-state index contributed by atoms with van der Waals surface area (Å²) >= 11 is 5.91. The van der Waals surface area contributed by atoms with E-state index in [9.17, 15) is 9.59 Å². The van der Waals surface area contributed by atoms with E-state index in [-0.39, 0.29) is 17.5 Å². The van der Waals surface area contributed by atoms with Crippen molar-refractivity contribution in [2.45, 2.75) is 6.92 Å². The summed E-state index contributed by atoms with van der Waals surface area (Å²) in [6, 6.07) is 16.9. The van der Waals surface area contributed by atoms with Crippen LogP contribution in [0, 0.1) is 6.92 Å². The van der Waals surface area contributed by atoms with Crippen molar-refractivity contribution in [2.24, 2.45) is 0 Å². The van der Waals surface area contributed by atoms with E-state index in [0.717, 1.165) is 5.69 Å². The Labute approximate surface area is 176 Å². The Morgan fingerprint density at radius 3 is 2.17 bits per heavy atom. The molecule has 0 aliphatic carbocycles. The molecule has 0 spiro atoms. The number of carbonyl (C=O) groups excluding carboxylic acids is 2. The number of benzene rings is 2. The van der Waals surface area contributed by atoms with Crippen molar-refractivity contribution in [3.8, 4) is 5.69 Å². The predicted molar refractivity (Wildman–Crippen MR) is 112 cm³/mol. The molecule has 2 heterocycles. The number of furan rings is 1. The molecule has 0 atom stereocenters. The normalized spacial score (nSPS) is 10.6. The molecule has 9 heteroatoms. The number of rotatable bonds is 5. The summed E-state index contributed by atoms with van der Waals surface area (Å²) < 4.78 is 6.62. The minimum atomic E-state index is -0.446. The van der Waals surface area contributed by atoms with Gasteiger partial charge in [0.25, 0.3) is 11.8 Å². The van der Waals surface area contributed by atoms with Crippen LogP contribution in [0.1, 0.15) is 27.0 Å². The topological polar surface area (TPSA) is 102 Å². The third-order valence-corrected chi connectivity index (χ3v) is 4.44. The molecule has 2 aromatic carbocycles. The quantitative estimate of drug-likeness (QED) is 0.499. The fourth-order valence-electron chi connectivity index (χ4n) is 2.74. The lowest BCUT2D eigenvalue weighted by molar-refractivity contribution is 0.0993. The number of hydrogen-bond acceptors (Lipinski definition) is 5. The molecule has 4 aromatic rings. The van der Waals surface area contributed by atoms with Crippen molar-refractivity contribution in [3.63, 3.8) is 0 Å². The van der Waals surface area contributed by atoms with Crippen molar-refractivity contribution < 1.29 is 14.0 Å². The first kappa shape index (κ1) is 19.4. The van der Waals surface area contributed by atoms with E-state index in [1.807, 2.05) is 0 Å². The number of anilines is 2. The molecule has 0 bridgehead atoms. The Hall–Kier alpha value is -3.91. The number of aromatic nitrogens is 3. The van der Waals surface area contributed by atoms with Crippen LogP contribution in [-0.4, -0.2) is 26.6 Å². The first-order chi connectivity index (χ1) is 14.5. The smallest absolute Gasteiger partial charge is 0.295 e. The summed E-state index contributed by atoms with van der Waals surface area (Å²) in [6.45, 7) is 1.76. The Balaban J connectivity index is 1.43. The molecular formula is C21H16ClN5O3. The maximum absolute atomic E-state index is 12.5. The van der Waals surface area contributed by atoms with Gasteiger partial charge in [0.15, 0.2) is 5.76 Å². The third-order valence-electron chi connectivity index (χ3n) is 4.19. The van der Waals surface area contributed by atoms with Gasteiger partial charge in [0.2, 0.25) is 5.82 Å². The molecule has 150 valence electrons. The summed E-state index contributed by atoms with van der Waals surface area (Å²) in [7, 11) is 0. The van der Waals surface area contributed by atoms with E-state index >= 15 is 0 Å². The number of carbonyl (C=O) groups is 2. The lowest BCUT2D eigenvalue weighted by Gasteiger charge is -2.06. The van der Waals surface area contributed by atoms with Crippen molar-refractivity contribution in [3.05, 3.63) is 89.4 Å². The first-order valence-corrected chi connectivity index (χ1v) is 9.33. The van der Waals surface area contributed by atoms with Crippen LogP contribution in [0.2, 0.25) is 5.02 Å². The second-order valence-electron chi connectivity index (χ2n) is 6.33. The standard InChI is InChI=1S/C21H16ClN5O3/c1-13-23-19(26-27(13)17-10-4-14(22)5-11-17)21(29)25-16-8-6-15(7-9-16)24-20(28)18-3-2-12-30-18/h2-12H,1H3,(H,24,28)(H,25,29). The fourth-order valence-corrected chi connectivity index (χ4v) is 2.86. The maximum Gasteiger partial charge on any atom is 0.295 e. The second kappa shape index (κ2) is 8.22. The first-order valence-electron chi connectivity index (χ1n) is 8.95. The molecule has 2 N–H and O–H groups in total. The SMILES string of the molecule is Cc1nc(C(=O)Nc2ccc(NC(=O)c3ccco3)cc2)nn1-c1ccc(Cl)cc1. The van der Waals surface area contributed by atoms with Crippen molar-refractivity contribution in [2.75, 3.05) is 10.6 Å². The minimum Gasteiger partial charge on any atom is -0.459 e. The summed E-state index contributed by atoms with van der Waals surface area (Å²) in [5, 5.41) is 10.3. The monoisotopic (exact) mass is 421 g/mol. The Kier molecular flexibility index (Phi) is 5.32. The molecule has 8 nitrogen and oxygen atoms in total. The molecule has 0 unspecified atom stereocenters. The number of amides is 2. The van der Waals surface area contributed by atoms with Gasteiger partial charge in [0, 0.05) is 16.4 Å². The average molecular weight is 422 g/mol. The van der Waals surface area contributed by atoms with Gasteiger partial charge >= 0.3 is 0 Å². The van der Waals surface area contributed by atoms with Crippen LogP contribution in [0.3, 0.4) is 0 Å². The fraction of sp³-hybridized carbons (Fsp3) is 0.0476. The van der Waals surface area contributed by atoms with E-state index in [2.05, 4.69) is 20.7 Å². The van der Waals surface area contributed by atoms with Gasteiger partial charge in [-0.25, -0.2) is 9.67 Å². The second-order valence-corrected chi connectivity index (χ2v) is 6.77. The lowest BCUT2D eigenvalue weighted by Crippen LogP contribution is -2.14. The van der Waals surface area contributed by atoms with Crippen LogP contribution >= 0.6 is 11.6 Å². The van der Waals surface area contributed by atoms with E-state index in [1.165, 1.54) is 6.26 Å². The third kappa shape index (κ3) is 4.23. The molecule has 0 radical (unpaired) electrons. The number of hydrogen-bond donors (Lipinski definition) is 2. The van der Waals surface area contributed by atoms with Gasteiger partial charge < -0.3 is 15.1 Å². The van der Waals surface area contributed by atoms with Gasteiger partial charge in [-0.2, -0.15) is 0 Å². The Morgan fingerprint density at radius 2 is 1.57 bits per heavy atom. The number of halogens is 1. The summed E-state index contributed by atoms with van der Waals surface area (Å²) in [4.78, 5) is 28.8. The number of nitrogens with one attached hydrogen (secondary N) is 2.